The molecule has 0 heterocycles. The third kappa shape index (κ3) is 3.70. The third-order valence-electron chi connectivity index (χ3n) is 5.23. The molecule has 0 aliphatic heterocycles. The number of amidine groups is 1. The smallest absolute Gasteiger partial charge is 0.270 e. The first kappa shape index (κ1) is 18.6. The lowest BCUT2D eigenvalue weighted by Gasteiger charge is -2.24. The van der Waals surface area contributed by atoms with Gasteiger partial charge in [-0.1, -0.05) is 36.4 Å². The summed E-state index contributed by atoms with van der Waals surface area (Å²) in [7, 11) is 0. The molecule has 3 aromatic rings. The minimum atomic E-state index is -0.688. The molecule has 4 heteroatoms. The summed E-state index contributed by atoms with van der Waals surface area (Å²) in [5.41, 5.74) is 8.33. The number of fused-ring (bicyclic) bond motifs is 1. The zero-order chi connectivity index (χ0) is 19.8. The van der Waals surface area contributed by atoms with E-state index in [0.717, 1.165) is 33.0 Å². The third-order valence-corrected chi connectivity index (χ3v) is 5.23. The molecule has 0 saturated heterocycles. The van der Waals surface area contributed by atoms with Crippen molar-refractivity contribution in [1.29, 1.82) is 0 Å². The maximum Gasteiger partial charge on any atom is 0.270 e. The molecule has 3 rings (SSSR count). The summed E-state index contributed by atoms with van der Waals surface area (Å²) in [5, 5.41) is 17.7. The standard InChI is InChI=1S/C23H24N2O2/c1-14-4-9-19(13-20(14)26)23(2,3)21(27)11-15-5-6-17-12-18(22(24)25)8-7-16(17)10-15/h4-10,12-13,26H,11H2,1-3H3,(H3,24,25)/p+1. The summed E-state index contributed by atoms with van der Waals surface area (Å²) in [6, 6.07) is 17.2. The van der Waals surface area contributed by atoms with Gasteiger partial charge in [0.05, 0.1) is 5.56 Å². The van der Waals surface area contributed by atoms with Crippen LogP contribution in [0.25, 0.3) is 10.8 Å². The van der Waals surface area contributed by atoms with Crippen LogP contribution in [-0.2, 0) is 16.6 Å². The van der Waals surface area contributed by atoms with Crippen LogP contribution in [0, 0.1) is 6.92 Å². The summed E-state index contributed by atoms with van der Waals surface area (Å²) in [6.45, 7) is 5.63. The zero-order valence-corrected chi connectivity index (χ0v) is 15.9. The number of carbonyl (C=O) groups excluding carboxylic acids is 1. The highest BCUT2D eigenvalue weighted by Crippen LogP contribution is 2.30. The number of aryl methyl sites for hydroxylation is 1. The molecule has 0 saturated carbocycles. The van der Waals surface area contributed by atoms with E-state index in [2.05, 4.69) is 0 Å². The molecule has 0 unspecified atom stereocenters. The first-order valence-corrected chi connectivity index (χ1v) is 8.93. The van der Waals surface area contributed by atoms with Crippen LogP contribution >= 0.6 is 0 Å². The van der Waals surface area contributed by atoms with Crippen molar-refractivity contribution in [3.63, 3.8) is 0 Å². The van der Waals surface area contributed by atoms with Crippen molar-refractivity contribution in [2.45, 2.75) is 32.6 Å². The summed E-state index contributed by atoms with van der Waals surface area (Å²) < 4.78 is 0. The number of hydrogen-bond donors (Lipinski definition) is 3. The second-order valence-electron chi connectivity index (χ2n) is 7.58. The van der Waals surface area contributed by atoms with E-state index in [1.807, 2.05) is 69.3 Å². The van der Waals surface area contributed by atoms with Crippen molar-refractivity contribution in [1.82, 2.24) is 0 Å². The fraction of sp³-hybridized carbons (Fsp3) is 0.217. The number of phenolic OH excluding ortho intramolecular Hbond substituents is 1. The maximum atomic E-state index is 13.0. The van der Waals surface area contributed by atoms with Gasteiger partial charge in [-0.3, -0.25) is 15.9 Å². The number of ketones is 1. The van der Waals surface area contributed by atoms with Gasteiger partial charge in [0.1, 0.15) is 11.5 Å². The fourth-order valence-electron chi connectivity index (χ4n) is 3.15. The van der Waals surface area contributed by atoms with Gasteiger partial charge in [-0.15, -0.1) is 0 Å². The Morgan fingerprint density at radius 3 is 2.37 bits per heavy atom. The zero-order valence-electron chi connectivity index (χ0n) is 15.9. The quantitative estimate of drug-likeness (QED) is 0.482. The van der Waals surface area contributed by atoms with Crippen molar-refractivity contribution >= 4 is 22.4 Å². The number of rotatable bonds is 5. The largest absolute Gasteiger partial charge is 0.508 e. The average molecular weight is 361 g/mol. The van der Waals surface area contributed by atoms with E-state index in [4.69, 9.17) is 11.1 Å². The summed E-state index contributed by atoms with van der Waals surface area (Å²) in [6.07, 6.45) is 0.324. The molecule has 0 aliphatic rings. The second-order valence-corrected chi connectivity index (χ2v) is 7.58. The molecule has 27 heavy (non-hydrogen) atoms. The lowest BCUT2D eigenvalue weighted by atomic mass is 9.78. The molecule has 0 bridgehead atoms. The Kier molecular flexibility index (Phi) is 4.75. The average Bonchev–Trinajstić information content (AvgIpc) is 2.63. The van der Waals surface area contributed by atoms with Gasteiger partial charge >= 0.3 is 0 Å². The molecule has 0 amide bonds. The van der Waals surface area contributed by atoms with E-state index in [1.54, 1.807) is 6.07 Å². The summed E-state index contributed by atoms with van der Waals surface area (Å²) in [5.74, 6) is 0.603. The molecule has 0 aromatic heterocycles. The Balaban J connectivity index is 1.87. The van der Waals surface area contributed by atoms with Gasteiger partial charge in [-0.25, -0.2) is 0 Å². The van der Waals surface area contributed by atoms with E-state index in [-0.39, 0.29) is 11.5 Å². The van der Waals surface area contributed by atoms with Gasteiger partial charge in [-0.2, -0.15) is 0 Å². The van der Waals surface area contributed by atoms with Crippen LogP contribution in [0.3, 0.4) is 0 Å². The SMILES string of the molecule is Cc1ccc(C(C)(C)C(=O)Cc2ccc3cc(C(N)=[NH2+])ccc3c2)cc1O. The van der Waals surface area contributed by atoms with Crippen molar-refractivity contribution in [2.75, 3.05) is 0 Å². The molecule has 3 aromatic carbocycles. The highest BCUT2D eigenvalue weighted by Gasteiger charge is 2.30. The molecule has 0 aliphatic carbocycles. The summed E-state index contributed by atoms with van der Waals surface area (Å²) >= 11 is 0. The van der Waals surface area contributed by atoms with Gasteiger partial charge in [0.2, 0.25) is 0 Å². The summed E-state index contributed by atoms with van der Waals surface area (Å²) in [4.78, 5) is 13.0. The molecule has 4 nitrogen and oxygen atoms in total. The Labute approximate surface area is 159 Å². The number of benzene rings is 3. The van der Waals surface area contributed by atoms with E-state index in [1.165, 1.54) is 0 Å². The molecule has 0 atom stereocenters. The number of nitrogens with two attached hydrogens (primary N) is 2. The van der Waals surface area contributed by atoms with Crippen LogP contribution in [0.1, 0.15) is 36.1 Å². The lowest BCUT2D eigenvalue weighted by molar-refractivity contribution is -0.122. The van der Waals surface area contributed by atoms with Crippen LogP contribution in [0.2, 0.25) is 0 Å². The van der Waals surface area contributed by atoms with Gasteiger partial charge in [0.15, 0.2) is 0 Å². The topological polar surface area (TPSA) is 88.9 Å². The van der Waals surface area contributed by atoms with E-state index in [0.29, 0.717) is 12.3 Å². The van der Waals surface area contributed by atoms with Gasteiger partial charge in [-0.05, 0) is 66.4 Å². The Hall–Kier alpha value is -3.14. The van der Waals surface area contributed by atoms with Crippen LogP contribution in [-0.4, -0.2) is 16.7 Å². The molecular weight excluding hydrogens is 336 g/mol. The van der Waals surface area contributed by atoms with Crippen molar-refractivity contribution in [3.05, 3.63) is 76.9 Å². The van der Waals surface area contributed by atoms with Crippen LogP contribution in [0.15, 0.2) is 54.6 Å². The van der Waals surface area contributed by atoms with Crippen molar-refractivity contribution in [2.24, 2.45) is 5.73 Å². The van der Waals surface area contributed by atoms with Crippen molar-refractivity contribution < 1.29 is 15.3 Å². The Bertz CT molecular complexity index is 1050. The van der Waals surface area contributed by atoms with Gasteiger partial charge in [0, 0.05) is 11.8 Å². The monoisotopic (exact) mass is 361 g/mol. The van der Waals surface area contributed by atoms with Crippen molar-refractivity contribution in [3.8, 4) is 5.75 Å². The predicted molar refractivity (Wildman–Crippen MR) is 109 cm³/mol. The molecule has 0 spiro atoms. The minimum absolute atomic E-state index is 0.0984. The molecule has 0 radical (unpaired) electrons. The number of Topliss-reactive ketones (excluding diaryl/α,β-unsaturated/α-hetero) is 1. The first-order chi connectivity index (χ1) is 12.7. The van der Waals surface area contributed by atoms with Gasteiger partial charge < -0.3 is 5.11 Å². The van der Waals surface area contributed by atoms with E-state index < -0.39 is 5.41 Å². The maximum absolute atomic E-state index is 13.0. The van der Waals surface area contributed by atoms with Gasteiger partial charge in [0.25, 0.3) is 5.84 Å². The minimum Gasteiger partial charge on any atom is -0.508 e. The molecule has 0 fully saturated rings. The fourth-order valence-corrected chi connectivity index (χ4v) is 3.15. The number of hydrogen-bond acceptors (Lipinski definition) is 2. The number of carbonyl (C=O) groups is 1. The normalized spacial score (nSPS) is 11.5. The molecule has 138 valence electrons. The first-order valence-electron chi connectivity index (χ1n) is 8.93. The number of aromatic hydroxyl groups is 1. The second kappa shape index (κ2) is 6.88. The van der Waals surface area contributed by atoms with Crippen LogP contribution in [0.4, 0.5) is 0 Å². The van der Waals surface area contributed by atoms with E-state index >= 15 is 0 Å². The molecule has 5 N–H and O–H groups in total. The lowest BCUT2D eigenvalue weighted by Crippen LogP contribution is -2.46. The van der Waals surface area contributed by atoms with Crippen LogP contribution in [0.5, 0.6) is 5.75 Å². The number of phenols is 1. The molecular formula is C23H25N2O2+. The highest BCUT2D eigenvalue weighted by molar-refractivity contribution is 5.98. The Morgan fingerprint density at radius 1 is 1.04 bits per heavy atom. The van der Waals surface area contributed by atoms with E-state index in [9.17, 15) is 9.90 Å². The predicted octanol–water partition coefficient (Wildman–Crippen LogP) is 2.41. The van der Waals surface area contributed by atoms with Crippen LogP contribution < -0.4 is 11.1 Å². The Morgan fingerprint density at radius 2 is 1.70 bits per heavy atom. The highest BCUT2D eigenvalue weighted by atomic mass is 16.3.